The van der Waals surface area contributed by atoms with E-state index in [1.165, 1.54) is 18.2 Å². The fourth-order valence-electron chi connectivity index (χ4n) is 2.97. The van der Waals surface area contributed by atoms with Gasteiger partial charge in [-0.2, -0.15) is 0 Å². The summed E-state index contributed by atoms with van der Waals surface area (Å²) in [6.45, 7) is 1.36. The van der Waals surface area contributed by atoms with Crippen molar-refractivity contribution in [3.05, 3.63) is 65.2 Å². The summed E-state index contributed by atoms with van der Waals surface area (Å²) in [6.07, 6.45) is 1.87. The minimum atomic E-state index is -0.220. The van der Waals surface area contributed by atoms with Crippen LogP contribution >= 0.6 is 0 Å². The molecular formula is C20H22N2O3. The van der Waals surface area contributed by atoms with Gasteiger partial charge >= 0.3 is 12.0 Å². The fraction of sp³-hybridized carbons (Fsp3) is 0.300. The first-order valence-electron chi connectivity index (χ1n) is 8.44. The summed E-state index contributed by atoms with van der Waals surface area (Å²) in [5.74, 6) is -0.220. The normalized spacial score (nSPS) is 13.1. The molecule has 0 saturated carbocycles. The zero-order chi connectivity index (χ0) is 17.6. The topological polar surface area (TPSA) is 58.6 Å². The van der Waals surface area contributed by atoms with E-state index in [0.29, 0.717) is 19.4 Å². The molecule has 3 rings (SSSR count). The van der Waals surface area contributed by atoms with Crippen molar-refractivity contribution in [1.82, 2.24) is 4.90 Å². The van der Waals surface area contributed by atoms with Gasteiger partial charge in [0.05, 0.1) is 7.11 Å². The molecule has 0 aliphatic carbocycles. The largest absolute Gasteiger partial charge is 0.469 e. The Morgan fingerprint density at radius 3 is 2.52 bits per heavy atom. The van der Waals surface area contributed by atoms with Gasteiger partial charge in [-0.25, -0.2) is 4.79 Å². The zero-order valence-corrected chi connectivity index (χ0v) is 14.3. The minimum Gasteiger partial charge on any atom is -0.469 e. The molecule has 0 saturated heterocycles. The lowest BCUT2D eigenvalue weighted by molar-refractivity contribution is -0.140. The number of nitrogens with zero attached hydrogens (tertiary/aromatic N) is 1. The molecule has 0 atom stereocenters. The van der Waals surface area contributed by atoms with Crippen LogP contribution in [0.5, 0.6) is 0 Å². The predicted molar refractivity (Wildman–Crippen MR) is 96.4 cm³/mol. The number of rotatable bonds is 4. The number of aryl methyl sites for hydroxylation is 1. The van der Waals surface area contributed by atoms with Crippen LogP contribution < -0.4 is 5.32 Å². The van der Waals surface area contributed by atoms with Crippen molar-refractivity contribution in [3.63, 3.8) is 0 Å². The number of esters is 1. The van der Waals surface area contributed by atoms with Gasteiger partial charge in [0.2, 0.25) is 0 Å². The Balaban J connectivity index is 1.55. The number of carbonyl (C=O) groups is 2. The number of methoxy groups -OCH3 is 1. The number of anilines is 1. The Hall–Kier alpha value is -2.82. The van der Waals surface area contributed by atoms with E-state index in [1.54, 1.807) is 0 Å². The maximum absolute atomic E-state index is 12.5. The van der Waals surface area contributed by atoms with Crippen LogP contribution in [0.1, 0.15) is 23.1 Å². The SMILES string of the molecule is COC(=O)CCc1ccc(NC(=O)N2CCc3ccccc3C2)cc1. The lowest BCUT2D eigenvalue weighted by Gasteiger charge is -2.29. The van der Waals surface area contributed by atoms with Gasteiger partial charge in [0.15, 0.2) is 0 Å². The number of benzene rings is 2. The summed E-state index contributed by atoms with van der Waals surface area (Å²) in [6, 6.07) is 15.7. The second-order valence-electron chi connectivity index (χ2n) is 6.14. The summed E-state index contributed by atoms with van der Waals surface area (Å²) >= 11 is 0. The van der Waals surface area contributed by atoms with E-state index in [-0.39, 0.29) is 12.0 Å². The van der Waals surface area contributed by atoms with Crippen molar-refractivity contribution < 1.29 is 14.3 Å². The van der Waals surface area contributed by atoms with E-state index >= 15 is 0 Å². The highest BCUT2D eigenvalue weighted by atomic mass is 16.5. The molecule has 5 heteroatoms. The van der Waals surface area contributed by atoms with Crippen LogP contribution in [0.15, 0.2) is 48.5 Å². The number of nitrogens with one attached hydrogen (secondary N) is 1. The number of ether oxygens (including phenoxy) is 1. The van der Waals surface area contributed by atoms with Crippen LogP contribution in [0.3, 0.4) is 0 Å². The van der Waals surface area contributed by atoms with Crippen LogP contribution in [0.4, 0.5) is 10.5 Å². The smallest absolute Gasteiger partial charge is 0.322 e. The van der Waals surface area contributed by atoms with Crippen LogP contribution in [-0.2, 0) is 28.9 Å². The molecule has 1 heterocycles. The minimum absolute atomic E-state index is 0.0863. The summed E-state index contributed by atoms with van der Waals surface area (Å²) in [5.41, 5.74) is 4.32. The predicted octanol–water partition coefficient (Wildman–Crippen LogP) is 3.38. The summed E-state index contributed by atoms with van der Waals surface area (Å²) in [4.78, 5) is 25.5. The molecule has 0 bridgehead atoms. The van der Waals surface area contributed by atoms with Crippen molar-refractivity contribution in [2.24, 2.45) is 0 Å². The van der Waals surface area contributed by atoms with Gasteiger partial charge in [0, 0.05) is 25.2 Å². The molecular weight excluding hydrogens is 316 g/mol. The summed E-state index contributed by atoms with van der Waals surface area (Å²) in [7, 11) is 1.39. The van der Waals surface area contributed by atoms with E-state index < -0.39 is 0 Å². The van der Waals surface area contributed by atoms with Crippen molar-refractivity contribution in [2.45, 2.75) is 25.8 Å². The third-order valence-corrected chi connectivity index (χ3v) is 4.47. The van der Waals surface area contributed by atoms with Crippen molar-refractivity contribution >= 4 is 17.7 Å². The molecule has 0 unspecified atom stereocenters. The molecule has 130 valence electrons. The highest BCUT2D eigenvalue weighted by Crippen LogP contribution is 2.19. The Labute approximate surface area is 147 Å². The standard InChI is InChI=1S/C20H22N2O3/c1-25-19(23)11-8-15-6-9-18(10-7-15)21-20(24)22-13-12-16-4-2-3-5-17(16)14-22/h2-7,9-10H,8,11-14H2,1H3,(H,21,24). The maximum Gasteiger partial charge on any atom is 0.322 e. The van der Waals surface area contributed by atoms with Crippen LogP contribution in [0.25, 0.3) is 0 Å². The molecule has 2 aromatic rings. The van der Waals surface area contributed by atoms with Gasteiger partial charge in [0.1, 0.15) is 0 Å². The average molecular weight is 338 g/mol. The van der Waals surface area contributed by atoms with Crippen LogP contribution in [0, 0.1) is 0 Å². The quantitative estimate of drug-likeness (QED) is 0.870. The van der Waals surface area contributed by atoms with Crippen molar-refractivity contribution in [3.8, 4) is 0 Å². The van der Waals surface area contributed by atoms with Crippen LogP contribution in [0.2, 0.25) is 0 Å². The molecule has 1 aliphatic heterocycles. The lowest BCUT2D eigenvalue weighted by Crippen LogP contribution is -2.38. The van der Waals surface area contributed by atoms with Gasteiger partial charge in [-0.3, -0.25) is 4.79 Å². The average Bonchev–Trinajstić information content (AvgIpc) is 2.66. The molecule has 5 nitrogen and oxygen atoms in total. The second-order valence-corrected chi connectivity index (χ2v) is 6.14. The lowest BCUT2D eigenvalue weighted by atomic mass is 10.0. The van der Waals surface area contributed by atoms with Crippen LogP contribution in [-0.4, -0.2) is 30.6 Å². The molecule has 0 spiro atoms. The molecule has 2 amide bonds. The Bertz CT molecular complexity index is 756. The number of urea groups is 1. The maximum atomic E-state index is 12.5. The van der Waals surface area contributed by atoms with E-state index in [0.717, 1.165) is 24.2 Å². The molecule has 0 aromatic heterocycles. The third-order valence-electron chi connectivity index (χ3n) is 4.47. The summed E-state index contributed by atoms with van der Waals surface area (Å²) < 4.78 is 4.64. The number of amides is 2. The third kappa shape index (κ3) is 4.38. The molecule has 1 N–H and O–H groups in total. The number of fused-ring (bicyclic) bond motifs is 1. The van der Waals surface area contributed by atoms with Gasteiger partial charge < -0.3 is 15.0 Å². The first-order chi connectivity index (χ1) is 12.2. The Morgan fingerprint density at radius 2 is 1.80 bits per heavy atom. The van der Waals surface area contributed by atoms with Crippen molar-refractivity contribution in [2.75, 3.05) is 19.0 Å². The van der Waals surface area contributed by atoms with E-state index in [4.69, 9.17) is 0 Å². The van der Waals surface area contributed by atoms with E-state index in [9.17, 15) is 9.59 Å². The zero-order valence-electron chi connectivity index (χ0n) is 14.3. The fourth-order valence-corrected chi connectivity index (χ4v) is 2.97. The summed E-state index contributed by atoms with van der Waals surface area (Å²) in [5, 5.41) is 2.94. The van der Waals surface area contributed by atoms with Gasteiger partial charge in [0.25, 0.3) is 0 Å². The molecule has 1 aliphatic rings. The monoisotopic (exact) mass is 338 g/mol. The molecule has 0 radical (unpaired) electrons. The molecule has 2 aromatic carbocycles. The molecule has 25 heavy (non-hydrogen) atoms. The Kier molecular flexibility index (Phi) is 5.33. The number of hydrogen-bond donors (Lipinski definition) is 1. The Morgan fingerprint density at radius 1 is 1.08 bits per heavy atom. The first-order valence-corrected chi connectivity index (χ1v) is 8.44. The number of hydrogen-bond acceptors (Lipinski definition) is 3. The van der Waals surface area contributed by atoms with E-state index in [1.807, 2.05) is 41.3 Å². The molecule has 0 fully saturated rings. The van der Waals surface area contributed by atoms with Crippen molar-refractivity contribution in [1.29, 1.82) is 0 Å². The van der Waals surface area contributed by atoms with Gasteiger partial charge in [-0.1, -0.05) is 36.4 Å². The second kappa shape index (κ2) is 7.83. The van der Waals surface area contributed by atoms with E-state index in [2.05, 4.69) is 22.2 Å². The highest BCUT2D eigenvalue weighted by molar-refractivity contribution is 5.89. The number of carbonyl (C=O) groups excluding carboxylic acids is 2. The highest BCUT2D eigenvalue weighted by Gasteiger charge is 2.20. The van der Waals surface area contributed by atoms with Gasteiger partial charge in [-0.05, 0) is 41.7 Å². The van der Waals surface area contributed by atoms with Gasteiger partial charge in [-0.15, -0.1) is 0 Å². The first kappa shape index (κ1) is 17.0.